The van der Waals surface area contributed by atoms with Crippen LogP contribution in [0.5, 0.6) is 0 Å². The first kappa shape index (κ1) is 9.66. The monoisotopic (exact) mass is 217 g/mol. The van der Waals surface area contributed by atoms with Crippen LogP contribution in [0.15, 0.2) is 22.7 Å². The number of rotatable bonds is 2. The van der Waals surface area contributed by atoms with Crippen molar-refractivity contribution in [2.24, 2.45) is 0 Å². The summed E-state index contributed by atoms with van der Waals surface area (Å²) in [6.45, 7) is 4.05. The minimum Gasteiger partial charge on any atom is -0.460 e. The third-order valence-electron chi connectivity index (χ3n) is 3.05. The lowest BCUT2D eigenvalue weighted by Gasteiger charge is -2.02. The number of aromatic nitrogens is 2. The number of imidazole rings is 1. The molecule has 4 nitrogen and oxygen atoms in total. The number of aryl methyl sites for hydroxylation is 1. The van der Waals surface area contributed by atoms with Gasteiger partial charge in [0.05, 0.1) is 6.20 Å². The summed E-state index contributed by atoms with van der Waals surface area (Å²) < 4.78 is 5.56. The second kappa shape index (κ2) is 3.79. The van der Waals surface area contributed by atoms with Crippen LogP contribution in [0.1, 0.15) is 23.9 Å². The zero-order chi connectivity index (χ0) is 11.0. The molecule has 3 heterocycles. The van der Waals surface area contributed by atoms with Gasteiger partial charge >= 0.3 is 0 Å². The van der Waals surface area contributed by atoms with Gasteiger partial charge < -0.3 is 14.7 Å². The second-order valence-corrected chi connectivity index (χ2v) is 4.28. The second-order valence-electron chi connectivity index (χ2n) is 4.28. The highest BCUT2D eigenvalue weighted by molar-refractivity contribution is 5.51. The van der Waals surface area contributed by atoms with E-state index in [9.17, 15) is 0 Å². The Morgan fingerprint density at radius 2 is 2.38 bits per heavy atom. The molecule has 0 radical (unpaired) electrons. The zero-order valence-electron chi connectivity index (χ0n) is 9.29. The molecule has 0 aliphatic carbocycles. The summed E-state index contributed by atoms with van der Waals surface area (Å²) in [6, 6.07) is 3.94. The number of hydrogen-bond acceptors (Lipinski definition) is 3. The minimum atomic E-state index is 0.518. The Bertz CT molecular complexity index is 480. The SMILES string of the molecule is Cc1ccc(-c2cnc(C3CCNC3)[nH]2)o1. The van der Waals surface area contributed by atoms with E-state index in [1.807, 2.05) is 25.3 Å². The molecule has 0 saturated carbocycles. The Labute approximate surface area is 94.1 Å². The van der Waals surface area contributed by atoms with Crippen LogP contribution in [0, 0.1) is 6.92 Å². The highest BCUT2D eigenvalue weighted by atomic mass is 16.3. The van der Waals surface area contributed by atoms with Gasteiger partial charge in [-0.25, -0.2) is 4.98 Å². The van der Waals surface area contributed by atoms with Crippen LogP contribution in [0.4, 0.5) is 0 Å². The highest BCUT2D eigenvalue weighted by Gasteiger charge is 2.20. The van der Waals surface area contributed by atoms with Crippen LogP contribution in [0.2, 0.25) is 0 Å². The Morgan fingerprint density at radius 3 is 3.06 bits per heavy atom. The van der Waals surface area contributed by atoms with Gasteiger partial charge in [-0.05, 0) is 32.0 Å². The van der Waals surface area contributed by atoms with Crippen LogP contribution in [-0.4, -0.2) is 23.1 Å². The van der Waals surface area contributed by atoms with Gasteiger partial charge in [0.15, 0.2) is 5.76 Å². The van der Waals surface area contributed by atoms with Crippen molar-refractivity contribution in [3.63, 3.8) is 0 Å². The number of H-pyrrole nitrogens is 1. The van der Waals surface area contributed by atoms with E-state index in [0.717, 1.165) is 42.5 Å². The lowest BCUT2D eigenvalue weighted by molar-refractivity contribution is 0.546. The van der Waals surface area contributed by atoms with Gasteiger partial charge in [-0.1, -0.05) is 0 Å². The average molecular weight is 217 g/mol. The largest absolute Gasteiger partial charge is 0.460 e. The van der Waals surface area contributed by atoms with Crippen molar-refractivity contribution in [3.8, 4) is 11.5 Å². The van der Waals surface area contributed by atoms with E-state index in [4.69, 9.17) is 4.42 Å². The molecular weight excluding hydrogens is 202 g/mol. The molecule has 2 aromatic rings. The van der Waals surface area contributed by atoms with Crippen molar-refractivity contribution in [2.45, 2.75) is 19.3 Å². The fourth-order valence-corrected chi connectivity index (χ4v) is 2.14. The quantitative estimate of drug-likeness (QED) is 0.809. The van der Waals surface area contributed by atoms with E-state index in [0.29, 0.717) is 5.92 Å². The third-order valence-corrected chi connectivity index (χ3v) is 3.05. The highest BCUT2D eigenvalue weighted by Crippen LogP contribution is 2.24. The predicted octanol–water partition coefficient (Wildman–Crippen LogP) is 2.06. The number of hydrogen-bond donors (Lipinski definition) is 2. The average Bonchev–Trinajstić information content (AvgIpc) is 2.97. The van der Waals surface area contributed by atoms with Gasteiger partial charge in [0, 0.05) is 12.5 Å². The van der Waals surface area contributed by atoms with Crippen molar-refractivity contribution in [1.82, 2.24) is 15.3 Å². The molecule has 0 bridgehead atoms. The van der Waals surface area contributed by atoms with Crippen LogP contribution >= 0.6 is 0 Å². The predicted molar refractivity (Wildman–Crippen MR) is 61.3 cm³/mol. The van der Waals surface area contributed by atoms with Gasteiger partial charge in [0.2, 0.25) is 0 Å². The molecule has 1 aliphatic heterocycles. The van der Waals surface area contributed by atoms with Crippen molar-refractivity contribution in [2.75, 3.05) is 13.1 Å². The van der Waals surface area contributed by atoms with Crippen molar-refractivity contribution >= 4 is 0 Å². The molecule has 84 valence electrons. The summed E-state index contributed by atoms with van der Waals surface area (Å²) in [5, 5.41) is 3.34. The molecular formula is C12H15N3O. The zero-order valence-corrected chi connectivity index (χ0v) is 9.29. The van der Waals surface area contributed by atoms with E-state index in [2.05, 4.69) is 15.3 Å². The maximum Gasteiger partial charge on any atom is 0.152 e. The summed E-state index contributed by atoms with van der Waals surface area (Å²) in [4.78, 5) is 7.77. The third kappa shape index (κ3) is 1.65. The molecule has 3 rings (SSSR count). The first-order valence-electron chi connectivity index (χ1n) is 5.65. The molecule has 2 N–H and O–H groups in total. The molecule has 1 fully saturated rings. The smallest absolute Gasteiger partial charge is 0.152 e. The van der Waals surface area contributed by atoms with E-state index in [1.165, 1.54) is 0 Å². The summed E-state index contributed by atoms with van der Waals surface area (Å²) in [6.07, 6.45) is 3.01. The van der Waals surface area contributed by atoms with Gasteiger partial charge in [0.25, 0.3) is 0 Å². The van der Waals surface area contributed by atoms with Gasteiger partial charge in [0.1, 0.15) is 17.3 Å². The van der Waals surface area contributed by atoms with Gasteiger partial charge in [-0.2, -0.15) is 0 Å². The molecule has 4 heteroatoms. The molecule has 2 aromatic heterocycles. The van der Waals surface area contributed by atoms with E-state index >= 15 is 0 Å². The van der Waals surface area contributed by atoms with Gasteiger partial charge in [-0.3, -0.25) is 0 Å². The van der Waals surface area contributed by atoms with Crippen molar-refractivity contribution < 1.29 is 4.42 Å². The summed E-state index contributed by atoms with van der Waals surface area (Å²) in [5.74, 6) is 3.37. The van der Waals surface area contributed by atoms with Crippen molar-refractivity contribution in [1.29, 1.82) is 0 Å². The lowest BCUT2D eigenvalue weighted by Crippen LogP contribution is -2.08. The molecule has 1 atom stereocenters. The van der Waals surface area contributed by atoms with E-state index in [-0.39, 0.29) is 0 Å². The maximum atomic E-state index is 5.56. The lowest BCUT2D eigenvalue weighted by atomic mass is 10.1. The molecule has 1 aliphatic rings. The van der Waals surface area contributed by atoms with Crippen LogP contribution in [0.3, 0.4) is 0 Å². The van der Waals surface area contributed by atoms with Crippen LogP contribution in [0.25, 0.3) is 11.5 Å². The minimum absolute atomic E-state index is 0.518. The summed E-state index contributed by atoms with van der Waals surface area (Å²) >= 11 is 0. The van der Waals surface area contributed by atoms with Crippen molar-refractivity contribution in [3.05, 3.63) is 29.9 Å². The topological polar surface area (TPSA) is 53.9 Å². The normalized spacial score (nSPS) is 20.4. The maximum absolute atomic E-state index is 5.56. The number of furan rings is 1. The first-order chi connectivity index (χ1) is 7.83. The molecule has 1 saturated heterocycles. The molecule has 0 aromatic carbocycles. The Balaban J connectivity index is 1.87. The standard InChI is InChI=1S/C12H15N3O/c1-8-2-3-11(16-8)10-7-14-12(15-10)9-4-5-13-6-9/h2-3,7,9,13H,4-6H2,1H3,(H,14,15). The summed E-state index contributed by atoms with van der Waals surface area (Å²) in [5.41, 5.74) is 0.968. The fourth-order valence-electron chi connectivity index (χ4n) is 2.14. The molecule has 0 amide bonds. The summed E-state index contributed by atoms with van der Waals surface area (Å²) in [7, 11) is 0. The Morgan fingerprint density at radius 1 is 1.44 bits per heavy atom. The molecule has 0 spiro atoms. The number of nitrogens with one attached hydrogen (secondary N) is 2. The van der Waals surface area contributed by atoms with Gasteiger partial charge in [-0.15, -0.1) is 0 Å². The molecule has 16 heavy (non-hydrogen) atoms. The molecule has 1 unspecified atom stereocenters. The van der Waals surface area contributed by atoms with E-state index in [1.54, 1.807) is 0 Å². The van der Waals surface area contributed by atoms with Crippen LogP contribution < -0.4 is 5.32 Å². The first-order valence-corrected chi connectivity index (χ1v) is 5.65. The van der Waals surface area contributed by atoms with E-state index < -0.39 is 0 Å². The number of nitrogens with zero attached hydrogens (tertiary/aromatic N) is 1. The Kier molecular flexibility index (Phi) is 2.29. The fraction of sp³-hybridized carbons (Fsp3) is 0.417. The van der Waals surface area contributed by atoms with Crippen LogP contribution in [-0.2, 0) is 0 Å². The number of aromatic amines is 1. The Hall–Kier alpha value is -1.55.